The van der Waals surface area contributed by atoms with Crippen molar-refractivity contribution in [1.82, 2.24) is 14.7 Å². The lowest BCUT2D eigenvalue weighted by molar-refractivity contribution is 0.604. The van der Waals surface area contributed by atoms with Crippen molar-refractivity contribution < 1.29 is 0 Å². The third-order valence-corrected chi connectivity index (χ3v) is 4.04. The van der Waals surface area contributed by atoms with Gasteiger partial charge in [-0.15, -0.1) is 11.3 Å². The fourth-order valence-electron chi connectivity index (χ4n) is 1.77. The van der Waals surface area contributed by atoms with Gasteiger partial charge in [0.15, 0.2) is 10.1 Å². The van der Waals surface area contributed by atoms with E-state index in [1.807, 2.05) is 16.0 Å². The molecule has 5 heteroatoms. The van der Waals surface area contributed by atoms with Gasteiger partial charge in [0.25, 0.3) is 0 Å². The Labute approximate surface area is 116 Å². The first kappa shape index (κ1) is 13.6. The molecule has 0 bridgehead atoms. The van der Waals surface area contributed by atoms with Gasteiger partial charge in [0, 0.05) is 17.6 Å². The first-order valence-corrected chi connectivity index (χ1v) is 7.42. The van der Waals surface area contributed by atoms with E-state index >= 15 is 0 Å². The van der Waals surface area contributed by atoms with Gasteiger partial charge in [0.05, 0.1) is 5.69 Å². The minimum atomic E-state index is 0.352. The maximum Gasteiger partial charge on any atom is 0.195 e. The molecule has 0 aliphatic rings. The number of halogens is 1. The molecule has 0 saturated heterocycles. The van der Waals surface area contributed by atoms with Crippen molar-refractivity contribution in [3.63, 3.8) is 0 Å². The summed E-state index contributed by atoms with van der Waals surface area (Å²) in [6, 6.07) is 0.352. The molecule has 98 valence electrons. The first-order valence-electron chi connectivity index (χ1n) is 6.16. The smallest absolute Gasteiger partial charge is 0.195 e. The van der Waals surface area contributed by atoms with Crippen LogP contribution >= 0.6 is 22.9 Å². The number of fused-ring (bicyclic) bond motifs is 1. The summed E-state index contributed by atoms with van der Waals surface area (Å²) in [6.45, 7) is 7.48. The van der Waals surface area contributed by atoms with E-state index in [1.165, 1.54) is 5.57 Å². The number of imidazole rings is 1. The predicted octanol–water partition coefficient (Wildman–Crippen LogP) is 3.84. The van der Waals surface area contributed by atoms with Crippen LogP contribution in [0.1, 0.15) is 32.9 Å². The molecule has 0 radical (unpaired) electrons. The van der Waals surface area contributed by atoms with Crippen molar-refractivity contribution in [1.29, 1.82) is 0 Å². The molecular weight excluding hydrogens is 266 g/mol. The summed E-state index contributed by atoms with van der Waals surface area (Å²) in [5.74, 6) is 0. The summed E-state index contributed by atoms with van der Waals surface area (Å²) in [5.41, 5.74) is 2.23. The molecule has 0 aromatic carbocycles. The number of nitrogens with zero attached hydrogens (tertiary/aromatic N) is 2. The molecule has 2 aromatic heterocycles. The van der Waals surface area contributed by atoms with Gasteiger partial charge in [0.2, 0.25) is 0 Å². The van der Waals surface area contributed by atoms with Crippen LogP contribution in [0.4, 0.5) is 0 Å². The molecule has 2 rings (SSSR count). The maximum atomic E-state index is 6.17. The van der Waals surface area contributed by atoms with Crippen LogP contribution in [0.2, 0.25) is 5.15 Å². The molecule has 2 aromatic rings. The summed E-state index contributed by atoms with van der Waals surface area (Å²) >= 11 is 7.77. The lowest BCUT2D eigenvalue weighted by atomic mass is 10.1. The molecule has 0 amide bonds. The number of rotatable bonds is 5. The van der Waals surface area contributed by atoms with Crippen LogP contribution in [0, 0.1) is 0 Å². The highest BCUT2D eigenvalue weighted by molar-refractivity contribution is 7.15. The summed E-state index contributed by atoms with van der Waals surface area (Å²) in [7, 11) is 0. The minimum Gasteiger partial charge on any atom is -0.311 e. The zero-order chi connectivity index (χ0) is 13.1. The van der Waals surface area contributed by atoms with Gasteiger partial charge in [-0.05, 0) is 32.9 Å². The standard InChI is InChI=1S/C13H18ClN3S/c1-4-5-15-10(3)9(2)8-11-12(14)16-13-17(11)6-7-18-13/h6-8,10,15H,4-5H2,1-3H3/b9-8+. The lowest BCUT2D eigenvalue weighted by Gasteiger charge is -2.13. The van der Waals surface area contributed by atoms with E-state index in [0.29, 0.717) is 11.2 Å². The van der Waals surface area contributed by atoms with Gasteiger partial charge < -0.3 is 5.32 Å². The first-order chi connectivity index (χ1) is 8.63. The Balaban J connectivity index is 2.25. The number of aromatic nitrogens is 2. The fourth-order valence-corrected chi connectivity index (χ4v) is 2.77. The molecule has 0 saturated carbocycles. The van der Waals surface area contributed by atoms with E-state index in [4.69, 9.17) is 11.6 Å². The maximum absolute atomic E-state index is 6.17. The normalized spacial score (nSPS) is 14.3. The van der Waals surface area contributed by atoms with Gasteiger partial charge in [-0.3, -0.25) is 4.40 Å². The quantitative estimate of drug-likeness (QED) is 0.903. The Morgan fingerprint density at radius 2 is 2.44 bits per heavy atom. The molecule has 1 unspecified atom stereocenters. The molecule has 18 heavy (non-hydrogen) atoms. The van der Waals surface area contributed by atoms with Gasteiger partial charge in [-0.25, -0.2) is 4.98 Å². The van der Waals surface area contributed by atoms with Crippen LogP contribution in [-0.2, 0) is 0 Å². The molecule has 0 spiro atoms. The van der Waals surface area contributed by atoms with Crippen LogP contribution in [0.5, 0.6) is 0 Å². The summed E-state index contributed by atoms with van der Waals surface area (Å²) < 4.78 is 2.03. The fraction of sp³-hybridized carbons (Fsp3) is 0.462. The van der Waals surface area contributed by atoms with Crippen molar-refractivity contribution in [2.75, 3.05) is 6.54 Å². The van der Waals surface area contributed by atoms with Gasteiger partial charge in [0.1, 0.15) is 0 Å². The van der Waals surface area contributed by atoms with E-state index in [1.54, 1.807) is 11.3 Å². The summed E-state index contributed by atoms with van der Waals surface area (Å²) in [6.07, 6.45) is 5.25. The van der Waals surface area contributed by atoms with Crippen LogP contribution < -0.4 is 5.32 Å². The van der Waals surface area contributed by atoms with E-state index in [9.17, 15) is 0 Å². The Kier molecular flexibility index (Phi) is 4.43. The summed E-state index contributed by atoms with van der Waals surface area (Å²) in [5, 5.41) is 6.06. The van der Waals surface area contributed by atoms with Gasteiger partial charge >= 0.3 is 0 Å². The second-order valence-corrected chi connectivity index (χ2v) is 5.64. The van der Waals surface area contributed by atoms with Crippen molar-refractivity contribution in [3.8, 4) is 0 Å². The van der Waals surface area contributed by atoms with Crippen LogP contribution in [0.3, 0.4) is 0 Å². The zero-order valence-corrected chi connectivity index (χ0v) is 12.5. The Hall–Kier alpha value is -0.840. The van der Waals surface area contributed by atoms with E-state index < -0.39 is 0 Å². The number of hydrogen-bond donors (Lipinski definition) is 1. The molecule has 3 nitrogen and oxygen atoms in total. The number of hydrogen-bond acceptors (Lipinski definition) is 3. The zero-order valence-electron chi connectivity index (χ0n) is 10.9. The minimum absolute atomic E-state index is 0.352. The molecule has 0 aliphatic carbocycles. The number of thiazole rings is 1. The average Bonchev–Trinajstić information content (AvgIpc) is 2.89. The highest BCUT2D eigenvalue weighted by Gasteiger charge is 2.10. The van der Waals surface area contributed by atoms with Crippen LogP contribution in [0.15, 0.2) is 17.2 Å². The Morgan fingerprint density at radius 1 is 1.67 bits per heavy atom. The third-order valence-electron chi connectivity index (χ3n) is 3.00. The number of nitrogens with one attached hydrogen (secondary N) is 1. The molecular formula is C13H18ClN3S. The van der Waals surface area contributed by atoms with Crippen molar-refractivity contribution >= 4 is 34.0 Å². The van der Waals surface area contributed by atoms with Crippen molar-refractivity contribution in [2.45, 2.75) is 33.2 Å². The topological polar surface area (TPSA) is 29.3 Å². The van der Waals surface area contributed by atoms with E-state index in [-0.39, 0.29) is 0 Å². The lowest BCUT2D eigenvalue weighted by Crippen LogP contribution is -2.27. The van der Waals surface area contributed by atoms with E-state index in [2.05, 4.69) is 37.1 Å². The van der Waals surface area contributed by atoms with Crippen molar-refractivity contribution in [3.05, 3.63) is 28.0 Å². The van der Waals surface area contributed by atoms with Crippen LogP contribution in [-0.4, -0.2) is 22.0 Å². The molecule has 1 N–H and O–H groups in total. The summed E-state index contributed by atoms with van der Waals surface area (Å²) in [4.78, 5) is 5.27. The van der Waals surface area contributed by atoms with E-state index in [0.717, 1.165) is 23.6 Å². The van der Waals surface area contributed by atoms with Gasteiger partial charge in [-0.2, -0.15) is 0 Å². The highest BCUT2D eigenvalue weighted by atomic mass is 35.5. The monoisotopic (exact) mass is 283 g/mol. The second-order valence-electron chi connectivity index (χ2n) is 4.41. The van der Waals surface area contributed by atoms with Crippen LogP contribution in [0.25, 0.3) is 11.0 Å². The predicted molar refractivity (Wildman–Crippen MR) is 79.5 cm³/mol. The largest absolute Gasteiger partial charge is 0.311 e. The van der Waals surface area contributed by atoms with Crippen molar-refractivity contribution in [2.24, 2.45) is 0 Å². The average molecular weight is 284 g/mol. The molecule has 0 fully saturated rings. The Morgan fingerprint density at radius 3 is 3.17 bits per heavy atom. The molecule has 0 aliphatic heterocycles. The third kappa shape index (κ3) is 2.76. The highest BCUT2D eigenvalue weighted by Crippen LogP contribution is 2.23. The SMILES string of the molecule is CCCNC(C)/C(C)=C/c1c(Cl)nc2sccn12. The molecule has 2 heterocycles. The molecule has 1 atom stereocenters. The second kappa shape index (κ2) is 5.87. The van der Waals surface area contributed by atoms with Gasteiger partial charge in [-0.1, -0.05) is 24.1 Å². The Bertz CT molecular complexity index is 556.